The molecule has 1 rings (SSSR count). The number of sulfonamides is 1. The zero-order valence-corrected chi connectivity index (χ0v) is 13.4. The molecular weight excluding hydrogens is 358 g/mol. The zero-order valence-electron chi connectivity index (χ0n) is 10.2. The Morgan fingerprint density at radius 1 is 1.42 bits per heavy atom. The zero-order chi connectivity index (χ0) is 14.8. The van der Waals surface area contributed by atoms with Gasteiger partial charge in [0.15, 0.2) is 0 Å². The lowest BCUT2D eigenvalue weighted by atomic mass is 10.1. The van der Waals surface area contributed by atoms with Crippen LogP contribution in [0.4, 0.5) is 0 Å². The Morgan fingerprint density at radius 2 is 2.00 bits per heavy atom. The Kier molecular flexibility index (Phi) is 5.37. The molecule has 106 valence electrons. The molecule has 8 heteroatoms. The van der Waals surface area contributed by atoms with E-state index in [-0.39, 0.29) is 14.4 Å². The van der Waals surface area contributed by atoms with E-state index in [0.29, 0.717) is 0 Å². The molecule has 0 aliphatic heterocycles. The molecule has 1 unspecified atom stereocenters. The predicted molar refractivity (Wildman–Crippen MR) is 75.7 cm³/mol. The van der Waals surface area contributed by atoms with Crippen LogP contribution in [0.25, 0.3) is 0 Å². The van der Waals surface area contributed by atoms with E-state index in [9.17, 15) is 13.2 Å². The standard InChI is InChI=1S/C11H13BrClNO4S/c1-6(2)9(11(15)16)14-19(17,18)10-7(12)4-3-5-8(10)13/h3-6,9,14H,1-2H3,(H,15,16). The smallest absolute Gasteiger partial charge is 0.322 e. The summed E-state index contributed by atoms with van der Waals surface area (Å²) in [6.07, 6.45) is 0. The summed E-state index contributed by atoms with van der Waals surface area (Å²) < 4.78 is 26.8. The molecule has 0 radical (unpaired) electrons. The summed E-state index contributed by atoms with van der Waals surface area (Å²) in [4.78, 5) is 10.9. The summed E-state index contributed by atoms with van der Waals surface area (Å²) in [5, 5.41) is 9.04. The van der Waals surface area contributed by atoms with Gasteiger partial charge in [0.25, 0.3) is 0 Å². The molecule has 5 nitrogen and oxygen atoms in total. The number of halogens is 2. The van der Waals surface area contributed by atoms with Crippen molar-refractivity contribution in [1.29, 1.82) is 0 Å². The maximum Gasteiger partial charge on any atom is 0.322 e. The number of benzene rings is 1. The van der Waals surface area contributed by atoms with Gasteiger partial charge in [-0.25, -0.2) is 8.42 Å². The summed E-state index contributed by atoms with van der Waals surface area (Å²) in [5.74, 6) is -1.63. The average molecular weight is 371 g/mol. The fourth-order valence-electron chi connectivity index (χ4n) is 1.44. The SMILES string of the molecule is CC(C)C(NS(=O)(=O)c1c(Cl)cccc1Br)C(=O)O. The molecule has 0 fully saturated rings. The van der Waals surface area contributed by atoms with E-state index in [4.69, 9.17) is 16.7 Å². The van der Waals surface area contributed by atoms with Crippen LogP contribution < -0.4 is 4.72 Å². The van der Waals surface area contributed by atoms with E-state index in [1.165, 1.54) is 12.1 Å². The van der Waals surface area contributed by atoms with Crippen molar-refractivity contribution in [1.82, 2.24) is 4.72 Å². The van der Waals surface area contributed by atoms with Gasteiger partial charge in [-0.2, -0.15) is 4.72 Å². The molecule has 1 aromatic rings. The van der Waals surface area contributed by atoms with Gasteiger partial charge in [-0.1, -0.05) is 31.5 Å². The lowest BCUT2D eigenvalue weighted by Crippen LogP contribution is -2.44. The van der Waals surface area contributed by atoms with E-state index in [2.05, 4.69) is 20.7 Å². The van der Waals surface area contributed by atoms with E-state index in [0.717, 1.165) is 0 Å². The maximum absolute atomic E-state index is 12.2. The van der Waals surface area contributed by atoms with Crippen molar-refractivity contribution in [3.8, 4) is 0 Å². The summed E-state index contributed by atoms with van der Waals surface area (Å²) in [7, 11) is -4.02. The highest BCUT2D eigenvalue weighted by Gasteiger charge is 2.30. The highest BCUT2D eigenvalue weighted by Crippen LogP contribution is 2.29. The summed E-state index contributed by atoms with van der Waals surface area (Å²) in [5.41, 5.74) is 0. The van der Waals surface area contributed by atoms with Crippen LogP contribution in [-0.4, -0.2) is 25.5 Å². The second-order valence-electron chi connectivity index (χ2n) is 4.23. The van der Waals surface area contributed by atoms with Gasteiger partial charge in [0.05, 0.1) is 5.02 Å². The van der Waals surface area contributed by atoms with Gasteiger partial charge in [0.2, 0.25) is 10.0 Å². The molecular formula is C11H13BrClNO4S. The molecule has 0 bridgehead atoms. The number of hydrogen-bond acceptors (Lipinski definition) is 3. The molecule has 0 spiro atoms. The fraction of sp³-hybridized carbons (Fsp3) is 0.364. The minimum Gasteiger partial charge on any atom is -0.480 e. The molecule has 0 aliphatic rings. The Morgan fingerprint density at radius 3 is 2.42 bits per heavy atom. The maximum atomic E-state index is 12.2. The number of nitrogens with one attached hydrogen (secondary N) is 1. The third-order valence-electron chi connectivity index (χ3n) is 2.40. The van der Waals surface area contributed by atoms with Crippen molar-refractivity contribution in [3.63, 3.8) is 0 Å². The van der Waals surface area contributed by atoms with Crippen LogP contribution in [0.2, 0.25) is 5.02 Å². The number of carbonyl (C=O) groups is 1. The molecule has 0 aliphatic carbocycles. The van der Waals surface area contributed by atoms with E-state index < -0.39 is 28.0 Å². The highest BCUT2D eigenvalue weighted by molar-refractivity contribution is 9.10. The van der Waals surface area contributed by atoms with Gasteiger partial charge >= 0.3 is 5.97 Å². The first-order valence-electron chi connectivity index (χ1n) is 5.36. The van der Waals surface area contributed by atoms with E-state index in [1.54, 1.807) is 19.9 Å². The second kappa shape index (κ2) is 6.21. The van der Waals surface area contributed by atoms with E-state index in [1.807, 2.05) is 0 Å². The average Bonchev–Trinajstić information content (AvgIpc) is 2.24. The number of carboxylic acid groups (broad SMARTS) is 1. The largest absolute Gasteiger partial charge is 0.480 e. The first-order valence-corrected chi connectivity index (χ1v) is 8.01. The van der Waals surface area contributed by atoms with Crippen molar-refractivity contribution in [2.75, 3.05) is 0 Å². The number of aliphatic carboxylic acids is 1. The van der Waals surface area contributed by atoms with Gasteiger partial charge in [0.1, 0.15) is 10.9 Å². The van der Waals surface area contributed by atoms with Gasteiger partial charge < -0.3 is 5.11 Å². The Balaban J connectivity index is 3.22. The van der Waals surface area contributed by atoms with Crippen molar-refractivity contribution >= 4 is 43.5 Å². The van der Waals surface area contributed by atoms with Gasteiger partial charge in [-0.3, -0.25) is 4.79 Å². The highest BCUT2D eigenvalue weighted by atomic mass is 79.9. The molecule has 19 heavy (non-hydrogen) atoms. The number of hydrogen-bond donors (Lipinski definition) is 2. The summed E-state index contributed by atoms with van der Waals surface area (Å²) in [6.45, 7) is 3.23. The van der Waals surface area contributed by atoms with Gasteiger partial charge in [-0.05, 0) is 34.0 Å². The van der Waals surface area contributed by atoms with Crippen LogP contribution in [-0.2, 0) is 14.8 Å². The van der Waals surface area contributed by atoms with E-state index >= 15 is 0 Å². The second-order valence-corrected chi connectivity index (χ2v) is 7.14. The summed E-state index contributed by atoms with van der Waals surface area (Å²) in [6, 6.07) is 3.31. The van der Waals surface area contributed by atoms with Crippen LogP contribution in [0.3, 0.4) is 0 Å². The Labute approximate surface area is 125 Å². The van der Waals surface area contributed by atoms with Crippen molar-refractivity contribution in [3.05, 3.63) is 27.7 Å². The molecule has 0 saturated heterocycles. The third-order valence-corrected chi connectivity index (χ3v) is 5.29. The van der Waals surface area contributed by atoms with Crippen LogP contribution in [0.15, 0.2) is 27.6 Å². The molecule has 1 atom stereocenters. The molecule has 0 amide bonds. The number of carboxylic acids is 1. The topological polar surface area (TPSA) is 83.5 Å². The lowest BCUT2D eigenvalue weighted by molar-refractivity contribution is -0.140. The number of rotatable bonds is 5. The minimum atomic E-state index is -4.02. The summed E-state index contributed by atoms with van der Waals surface area (Å²) >= 11 is 8.96. The normalized spacial score (nSPS) is 13.5. The van der Waals surface area contributed by atoms with Crippen LogP contribution >= 0.6 is 27.5 Å². The monoisotopic (exact) mass is 369 g/mol. The fourth-order valence-corrected chi connectivity index (χ4v) is 4.51. The molecule has 0 saturated carbocycles. The first kappa shape index (κ1) is 16.4. The Bertz CT molecular complexity index is 568. The van der Waals surface area contributed by atoms with Crippen LogP contribution in [0, 0.1) is 5.92 Å². The van der Waals surface area contributed by atoms with Crippen molar-refractivity contribution in [2.45, 2.75) is 24.8 Å². The first-order chi connectivity index (χ1) is 8.66. The van der Waals surface area contributed by atoms with Gasteiger partial charge in [-0.15, -0.1) is 0 Å². The molecule has 0 heterocycles. The van der Waals surface area contributed by atoms with Crippen molar-refractivity contribution in [2.24, 2.45) is 5.92 Å². The van der Waals surface area contributed by atoms with Crippen LogP contribution in [0.1, 0.15) is 13.8 Å². The van der Waals surface area contributed by atoms with Gasteiger partial charge in [0, 0.05) is 4.47 Å². The lowest BCUT2D eigenvalue weighted by Gasteiger charge is -2.19. The molecule has 1 aromatic carbocycles. The third kappa shape index (κ3) is 3.92. The molecule has 2 N–H and O–H groups in total. The predicted octanol–water partition coefficient (Wildman–Crippen LogP) is 2.49. The van der Waals surface area contributed by atoms with Crippen LogP contribution in [0.5, 0.6) is 0 Å². The molecule has 0 aromatic heterocycles. The quantitative estimate of drug-likeness (QED) is 0.834. The van der Waals surface area contributed by atoms with Crippen molar-refractivity contribution < 1.29 is 18.3 Å². The minimum absolute atomic E-state index is 0.0229. The Hall–Kier alpha value is -0.630.